The first-order valence-electron chi connectivity index (χ1n) is 6.39. The second-order valence-electron chi connectivity index (χ2n) is 5.67. The zero-order valence-corrected chi connectivity index (χ0v) is 10.0. The molecule has 1 saturated heterocycles. The fraction of sp³-hybridized carbons (Fsp3) is 0.923. The fourth-order valence-electron chi connectivity index (χ4n) is 2.92. The SMILES string of the molecule is CC1CCN(C[C@H]2CC(=O)C[C@@H]2C)CC1. The Balaban J connectivity index is 1.79. The van der Waals surface area contributed by atoms with Gasteiger partial charge in [0.2, 0.25) is 0 Å². The molecule has 2 rings (SSSR count). The van der Waals surface area contributed by atoms with Gasteiger partial charge in [0.25, 0.3) is 0 Å². The van der Waals surface area contributed by atoms with Crippen LogP contribution in [0.4, 0.5) is 0 Å². The third-order valence-corrected chi connectivity index (χ3v) is 4.21. The third-order valence-electron chi connectivity index (χ3n) is 4.21. The van der Waals surface area contributed by atoms with Gasteiger partial charge in [0, 0.05) is 19.4 Å². The molecule has 0 aromatic rings. The van der Waals surface area contributed by atoms with E-state index in [1.165, 1.54) is 32.5 Å². The minimum atomic E-state index is 0.484. The van der Waals surface area contributed by atoms with Crippen LogP contribution in [-0.2, 0) is 4.79 Å². The first-order chi connectivity index (χ1) is 7.15. The van der Waals surface area contributed by atoms with Crippen LogP contribution in [0.5, 0.6) is 0 Å². The van der Waals surface area contributed by atoms with Gasteiger partial charge in [-0.3, -0.25) is 4.79 Å². The molecule has 0 aromatic heterocycles. The summed E-state index contributed by atoms with van der Waals surface area (Å²) in [7, 11) is 0. The van der Waals surface area contributed by atoms with Gasteiger partial charge in [-0.2, -0.15) is 0 Å². The second-order valence-corrected chi connectivity index (χ2v) is 5.67. The lowest BCUT2D eigenvalue weighted by Gasteiger charge is -2.32. The first-order valence-corrected chi connectivity index (χ1v) is 6.39. The Morgan fingerprint density at radius 1 is 1.20 bits per heavy atom. The Morgan fingerprint density at radius 3 is 2.40 bits per heavy atom. The number of piperidine rings is 1. The highest BCUT2D eigenvalue weighted by Gasteiger charge is 2.31. The molecule has 2 aliphatic rings. The standard InChI is InChI=1S/C13H23NO/c1-10-3-5-14(6-4-10)9-12-8-13(15)7-11(12)2/h10-12H,3-9H2,1-2H3/t11-,12+/m0/s1. The van der Waals surface area contributed by atoms with Crippen molar-refractivity contribution in [3.8, 4) is 0 Å². The van der Waals surface area contributed by atoms with Crippen LogP contribution in [0.15, 0.2) is 0 Å². The molecule has 0 spiro atoms. The maximum Gasteiger partial charge on any atom is 0.133 e. The van der Waals surface area contributed by atoms with Crippen molar-refractivity contribution in [3.63, 3.8) is 0 Å². The summed E-state index contributed by atoms with van der Waals surface area (Å²) in [5.41, 5.74) is 0. The van der Waals surface area contributed by atoms with Crippen LogP contribution in [0.1, 0.15) is 39.5 Å². The van der Waals surface area contributed by atoms with Gasteiger partial charge in [0.15, 0.2) is 0 Å². The average molecular weight is 209 g/mol. The van der Waals surface area contributed by atoms with E-state index < -0.39 is 0 Å². The molecule has 86 valence electrons. The smallest absolute Gasteiger partial charge is 0.133 e. The van der Waals surface area contributed by atoms with Crippen LogP contribution in [-0.4, -0.2) is 30.3 Å². The van der Waals surface area contributed by atoms with Crippen molar-refractivity contribution >= 4 is 5.78 Å². The molecule has 2 nitrogen and oxygen atoms in total. The van der Waals surface area contributed by atoms with Crippen LogP contribution in [0.2, 0.25) is 0 Å². The van der Waals surface area contributed by atoms with Crippen molar-refractivity contribution in [2.24, 2.45) is 17.8 Å². The van der Waals surface area contributed by atoms with Crippen molar-refractivity contribution < 1.29 is 4.79 Å². The number of rotatable bonds is 2. The van der Waals surface area contributed by atoms with Gasteiger partial charge in [-0.05, 0) is 43.7 Å². The molecule has 1 saturated carbocycles. The topological polar surface area (TPSA) is 20.3 Å². The summed E-state index contributed by atoms with van der Waals surface area (Å²) in [5, 5.41) is 0. The lowest BCUT2D eigenvalue weighted by atomic mass is 9.94. The van der Waals surface area contributed by atoms with Crippen molar-refractivity contribution in [1.82, 2.24) is 4.90 Å². The zero-order chi connectivity index (χ0) is 10.8. The molecule has 2 atom stereocenters. The van der Waals surface area contributed by atoms with E-state index in [4.69, 9.17) is 0 Å². The van der Waals surface area contributed by atoms with E-state index in [2.05, 4.69) is 18.7 Å². The van der Waals surface area contributed by atoms with Gasteiger partial charge >= 0.3 is 0 Å². The number of Topliss-reactive ketones (excluding diaryl/α,β-unsaturated/α-hetero) is 1. The van der Waals surface area contributed by atoms with Gasteiger partial charge in [-0.15, -0.1) is 0 Å². The minimum absolute atomic E-state index is 0.484. The van der Waals surface area contributed by atoms with E-state index in [0.717, 1.165) is 18.8 Å². The Kier molecular flexibility index (Phi) is 3.45. The van der Waals surface area contributed by atoms with Crippen LogP contribution in [0, 0.1) is 17.8 Å². The first kappa shape index (κ1) is 11.1. The quantitative estimate of drug-likeness (QED) is 0.695. The predicted octanol–water partition coefficient (Wildman–Crippen LogP) is 2.33. The van der Waals surface area contributed by atoms with Gasteiger partial charge in [0.05, 0.1) is 0 Å². The number of hydrogen-bond acceptors (Lipinski definition) is 2. The summed E-state index contributed by atoms with van der Waals surface area (Å²) in [6, 6.07) is 0. The molecule has 0 N–H and O–H groups in total. The lowest BCUT2D eigenvalue weighted by molar-refractivity contribution is -0.117. The molecule has 15 heavy (non-hydrogen) atoms. The van der Waals surface area contributed by atoms with E-state index in [1.54, 1.807) is 0 Å². The normalized spacial score (nSPS) is 34.9. The molecule has 0 bridgehead atoms. The monoisotopic (exact) mass is 209 g/mol. The van der Waals surface area contributed by atoms with Crippen LogP contribution in [0.25, 0.3) is 0 Å². The highest BCUT2D eigenvalue weighted by molar-refractivity contribution is 5.81. The zero-order valence-electron chi connectivity index (χ0n) is 10.0. The molecule has 0 amide bonds. The molecule has 0 aromatic carbocycles. The predicted molar refractivity (Wildman–Crippen MR) is 61.7 cm³/mol. The molecule has 1 aliphatic carbocycles. The maximum atomic E-state index is 11.3. The Labute approximate surface area is 93.0 Å². The number of ketones is 1. The van der Waals surface area contributed by atoms with E-state index in [1.807, 2.05) is 0 Å². The summed E-state index contributed by atoms with van der Waals surface area (Å²) in [6.45, 7) is 8.25. The summed E-state index contributed by atoms with van der Waals surface area (Å²) >= 11 is 0. The Morgan fingerprint density at radius 2 is 1.87 bits per heavy atom. The number of likely N-dealkylation sites (tertiary alicyclic amines) is 1. The Hall–Kier alpha value is -0.370. The van der Waals surface area contributed by atoms with Crippen molar-refractivity contribution in [3.05, 3.63) is 0 Å². The summed E-state index contributed by atoms with van der Waals surface area (Å²) in [6.07, 6.45) is 4.35. The molecule has 1 heterocycles. The molecule has 2 heteroatoms. The number of hydrogen-bond donors (Lipinski definition) is 0. The van der Waals surface area contributed by atoms with E-state index in [9.17, 15) is 4.79 Å². The summed E-state index contributed by atoms with van der Waals surface area (Å²) in [5.74, 6) is 2.66. The number of carbonyl (C=O) groups is 1. The highest BCUT2D eigenvalue weighted by Crippen LogP contribution is 2.30. The second kappa shape index (κ2) is 4.65. The molecule has 0 unspecified atom stereocenters. The molecule has 0 radical (unpaired) electrons. The van der Waals surface area contributed by atoms with Crippen LogP contribution >= 0.6 is 0 Å². The average Bonchev–Trinajstić information content (AvgIpc) is 2.49. The number of nitrogens with zero attached hydrogens (tertiary/aromatic N) is 1. The third kappa shape index (κ3) is 2.81. The van der Waals surface area contributed by atoms with Gasteiger partial charge in [-0.1, -0.05) is 13.8 Å². The largest absolute Gasteiger partial charge is 0.303 e. The van der Waals surface area contributed by atoms with Crippen LogP contribution in [0.3, 0.4) is 0 Å². The van der Waals surface area contributed by atoms with Crippen molar-refractivity contribution in [2.75, 3.05) is 19.6 Å². The molecular formula is C13H23NO. The van der Waals surface area contributed by atoms with Gasteiger partial charge < -0.3 is 4.90 Å². The van der Waals surface area contributed by atoms with Crippen molar-refractivity contribution in [1.29, 1.82) is 0 Å². The van der Waals surface area contributed by atoms with Gasteiger partial charge in [0.1, 0.15) is 5.78 Å². The van der Waals surface area contributed by atoms with E-state index in [0.29, 0.717) is 17.6 Å². The maximum absolute atomic E-state index is 11.3. The molecule has 2 fully saturated rings. The summed E-state index contributed by atoms with van der Waals surface area (Å²) in [4.78, 5) is 13.9. The number of carbonyl (C=O) groups excluding carboxylic acids is 1. The highest BCUT2D eigenvalue weighted by atomic mass is 16.1. The molecule has 1 aliphatic heterocycles. The molecular weight excluding hydrogens is 186 g/mol. The Bertz CT molecular complexity index is 231. The lowest BCUT2D eigenvalue weighted by Crippen LogP contribution is -2.37. The fourth-order valence-corrected chi connectivity index (χ4v) is 2.92. The minimum Gasteiger partial charge on any atom is -0.303 e. The van der Waals surface area contributed by atoms with Crippen LogP contribution < -0.4 is 0 Å². The summed E-state index contributed by atoms with van der Waals surface area (Å²) < 4.78 is 0. The van der Waals surface area contributed by atoms with Gasteiger partial charge in [-0.25, -0.2) is 0 Å². The van der Waals surface area contributed by atoms with E-state index in [-0.39, 0.29) is 0 Å². The van der Waals surface area contributed by atoms with Crippen molar-refractivity contribution in [2.45, 2.75) is 39.5 Å². The van der Waals surface area contributed by atoms with E-state index >= 15 is 0 Å².